The first-order valence-electron chi connectivity index (χ1n) is 15.2. The number of phenols is 1. The van der Waals surface area contributed by atoms with Crippen molar-refractivity contribution in [1.29, 1.82) is 0 Å². The number of halogens is 1. The zero-order valence-electron chi connectivity index (χ0n) is 24.5. The summed E-state index contributed by atoms with van der Waals surface area (Å²) in [6.45, 7) is 7.30. The first-order chi connectivity index (χ1) is 19.0. The Hall–Kier alpha value is -0.887. The third kappa shape index (κ3) is 10.7. The van der Waals surface area contributed by atoms with Crippen LogP contribution in [0, 0.1) is 13.8 Å². The van der Waals surface area contributed by atoms with Gasteiger partial charge in [0.2, 0.25) is 0 Å². The Bertz CT molecular complexity index is 965. The van der Waals surface area contributed by atoms with Gasteiger partial charge in [0.05, 0.1) is 22.7 Å². The van der Waals surface area contributed by atoms with E-state index in [-0.39, 0.29) is 33.1 Å². The van der Waals surface area contributed by atoms with Crippen molar-refractivity contribution in [1.82, 2.24) is 0 Å². The Kier molecular flexibility index (Phi) is 17.1. The molecule has 3 saturated carbocycles. The fraction of sp³-hybridized carbons (Fsp3) is 0.588. The molecule has 2 aromatic rings. The van der Waals surface area contributed by atoms with Crippen LogP contribution in [-0.4, -0.2) is 35.1 Å². The number of carbonyl (C=O) groups excluding carboxylic acids is 1. The molecule has 5 rings (SSSR count). The number of nitrogens with zero attached hydrogens (tertiary/aromatic N) is 1. The molecule has 223 valence electrons. The molecule has 0 aliphatic heterocycles. The summed E-state index contributed by atoms with van der Waals surface area (Å²) in [5, 5.41) is 9.67. The maximum atomic E-state index is 9.67. The molecule has 0 spiro atoms. The normalized spacial score (nSPS) is 18.8. The molecule has 3 nitrogen and oxygen atoms in total. The minimum atomic E-state index is -0.0465. The topological polar surface area (TPSA) is 49.7 Å². The van der Waals surface area contributed by atoms with Crippen molar-refractivity contribution < 1.29 is 29.4 Å². The van der Waals surface area contributed by atoms with Gasteiger partial charge in [0.1, 0.15) is 5.75 Å². The van der Waals surface area contributed by atoms with Gasteiger partial charge in [0.15, 0.2) is 0 Å². The average Bonchev–Trinajstić information content (AvgIpc) is 2.97. The van der Waals surface area contributed by atoms with Crippen molar-refractivity contribution in [3.05, 3.63) is 57.6 Å². The molecule has 3 aliphatic carbocycles. The van der Waals surface area contributed by atoms with E-state index < -0.39 is 0 Å². The van der Waals surface area contributed by atoms with Gasteiger partial charge in [-0.25, -0.2) is 0 Å². The van der Waals surface area contributed by atoms with Crippen LogP contribution in [0.4, 0.5) is 5.69 Å². The van der Waals surface area contributed by atoms with Gasteiger partial charge in [-0.2, -0.15) is 0 Å². The van der Waals surface area contributed by atoms with Crippen molar-refractivity contribution in [3.63, 3.8) is 0 Å². The molecule has 0 heterocycles. The minimum absolute atomic E-state index is 0. The zero-order chi connectivity index (χ0) is 28.0. The van der Waals surface area contributed by atoms with Crippen molar-refractivity contribution in [2.24, 2.45) is 4.99 Å². The first-order valence-corrected chi connectivity index (χ1v) is 17.7. The van der Waals surface area contributed by atoms with Crippen LogP contribution >= 0.6 is 23.9 Å². The molecule has 40 heavy (non-hydrogen) atoms. The van der Waals surface area contributed by atoms with Gasteiger partial charge < -0.3 is 9.90 Å². The van der Waals surface area contributed by atoms with Crippen LogP contribution in [0.5, 0.6) is 5.75 Å². The Labute approximate surface area is 266 Å². The van der Waals surface area contributed by atoms with E-state index in [2.05, 4.69) is 27.7 Å². The molecule has 0 atom stereocenters. The van der Waals surface area contributed by atoms with Crippen molar-refractivity contribution in [2.75, 3.05) is 0 Å². The second-order valence-electron chi connectivity index (χ2n) is 11.7. The summed E-state index contributed by atoms with van der Waals surface area (Å²) in [5.41, 5.74) is 7.56. The van der Waals surface area contributed by atoms with Gasteiger partial charge in [-0.1, -0.05) is 47.3 Å². The molecular weight excluding hydrogens is 666 g/mol. The van der Waals surface area contributed by atoms with E-state index in [1.165, 1.54) is 17.0 Å². The standard InChI is InChI=1S/C18H33P.C15H14BrNO.CHO.Ru.H/c1-4-10-16(11-5-1)19(17-12-6-2-7-13-17)18-14-8-3-9-15-18;1-10-7-13(16)8-11(2)15(10)17-9-12-5-3-4-6-14(12)18;1-2;;/h16-18H,1-15H2;3-9,18H,1-2H3;1H;;/q;;-1;;/p+1. The Morgan fingerprint density at radius 3 is 1.57 bits per heavy atom. The number of aromatic hydroxyl groups is 1. The molecule has 0 radical (unpaired) electrons. The van der Waals surface area contributed by atoms with Crippen molar-refractivity contribution >= 4 is 42.5 Å². The Balaban J connectivity index is 0.000000258. The molecule has 1 N–H and O–H groups in total. The molecule has 0 saturated heterocycles. The molecule has 3 fully saturated rings. The van der Waals surface area contributed by atoms with Gasteiger partial charge in [-0.3, -0.25) is 11.8 Å². The third-order valence-electron chi connectivity index (χ3n) is 8.96. The summed E-state index contributed by atoms with van der Waals surface area (Å²) < 4.78 is 1.05. The molecule has 6 heteroatoms. The summed E-state index contributed by atoms with van der Waals surface area (Å²) in [6, 6.07) is 11.2. The van der Waals surface area contributed by atoms with Crippen LogP contribution in [0.1, 0.15) is 113 Å². The quantitative estimate of drug-likeness (QED) is 0.110. The SMILES string of the molecule is C1CCC([PH+](C2CCCCC2)C2CCCCC2)CC1.Cc1cc(Br)cc(C)c1N=Cc1ccccc1O.[CH-]=O.[RuH]. The molecule has 0 unspecified atom stereocenters. The van der Waals surface area contributed by atoms with Gasteiger partial charge in [0.25, 0.3) is 0 Å². The van der Waals surface area contributed by atoms with Crippen LogP contribution in [-0.2, 0) is 24.3 Å². The van der Waals surface area contributed by atoms with Gasteiger partial charge in [-0.05, 0) is 126 Å². The predicted octanol–water partition coefficient (Wildman–Crippen LogP) is 10.2. The number of aliphatic imine (C=N–C) groups is 1. The predicted molar refractivity (Wildman–Crippen MR) is 176 cm³/mol. The van der Waals surface area contributed by atoms with E-state index in [0.717, 1.165) is 26.9 Å². The van der Waals surface area contributed by atoms with Gasteiger partial charge >= 0.3 is 19.5 Å². The van der Waals surface area contributed by atoms with Crippen LogP contribution in [0.2, 0.25) is 0 Å². The summed E-state index contributed by atoms with van der Waals surface area (Å²) in [7, 11) is -0.0465. The number of phenolic OH excluding ortho intramolecular Hbond substituents is 1. The average molecular weight is 717 g/mol. The van der Waals surface area contributed by atoms with E-state index in [4.69, 9.17) is 4.79 Å². The van der Waals surface area contributed by atoms with Gasteiger partial charge in [0, 0.05) is 24.2 Å². The number of para-hydroxylation sites is 1. The number of aryl methyl sites for hydroxylation is 2. The number of rotatable bonds is 5. The van der Waals surface area contributed by atoms with E-state index in [1.807, 2.05) is 38.1 Å². The maximum absolute atomic E-state index is 9.67. The monoisotopic (exact) mass is 716 g/mol. The van der Waals surface area contributed by atoms with E-state index in [9.17, 15) is 5.11 Å². The molecule has 0 bridgehead atoms. The van der Waals surface area contributed by atoms with E-state index in [0.29, 0.717) is 0 Å². The molecular formula is C34H50BrNO2PRu. The van der Waals surface area contributed by atoms with E-state index >= 15 is 0 Å². The van der Waals surface area contributed by atoms with Crippen molar-refractivity contribution in [3.8, 4) is 5.75 Å². The second-order valence-corrected chi connectivity index (χ2v) is 16.1. The summed E-state index contributed by atoms with van der Waals surface area (Å²) >= 11 is 3.46. The first kappa shape index (κ1) is 35.3. The fourth-order valence-electron chi connectivity index (χ4n) is 7.15. The molecule has 0 aromatic heterocycles. The third-order valence-corrected chi connectivity index (χ3v) is 14.0. The van der Waals surface area contributed by atoms with Crippen LogP contribution in [0.15, 0.2) is 45.9 Å². The Morgan fingerprint density at radius 2 is 1.18 bits per heavy atom. The van der Waals surface area contributed by atoms with Crippen LogP contribution in [0.3, 0.4) is 0 Å². The summed E-state index contributed by atoms with van der Waals surface area (Å²) in [5.74, 6) is 0.244. The zero-order valence-corrected chi connectivity index (χ0v) is 29.0. The Morgan fingerprint density at radius 1 is 0.775 bits per heavy atom. The van der Waals surface area contributed by atoms with Gasteiger partial charge in [-0.15, -0.1) is 0 Å². The molecule has 3 aliphatic rings. The summed E-state index contributed by atoms with van der Waals surface area (Å²) in [4.78, 5) is 12.2. The number of hydrogen-bond donors (Lipinski definition) is 1. The van der Waals surface area contributed by atoms with Crippen molar-refractivity contribution in [2.45, 2.75) is 127 Å². The second kappa shape index (κ2) is 19.3. The molecule has 2 aromatic carbocycles. The van der Waals surface area contributed by atoms with E-state index in [1.54, 1.807) is 115 Å². The number of benzene rings is 2. The van der Waals surface area contributed by atoms with Crippen LogP contribution in [0.25, 0.3) is 0 Å². The van der Waals surface area contributed by atoms with Crippen LogP contribution < -0.4 is 0 Å². The number of hydrogen-bond acceptors (Lipinski definition) is 3. The summed E-state index contributed by atoms with van der Waals surface area (Å²) in [6.07, 6.45) is 25.5. The molecule has 0 amide bonds. The fourth-order valence-corrected chi connectivity index (χ4v) is 13.1.